The zero-order valence-corrected chi connectivity index (χ0v) is 11.5. The SMILES string of the molecule is CCOC(=O)CCC(=O)Nc1cnccc1N(C)C. The number of carbonyl (C=O) groups is 2. The van der Waals surface area contributed by atoms with E-state index < -0.39 is 0 Å². The number of nitrogens with one attached hydrogen (secondary N) is 1. The number of amides is 1. The lowest BCUT2D eigenvalue weighted by Crippen LogP contribution is -2.18. The number of rotatable bonds is 6. The molecule has 0 saturated heterocycles. The van der Waals surface area contributed by atoms with E-state index in [0.717, 1.165) is 5.69 Å². The van der Waals surface area contributed by atoms with Gasteiger partial charge in [0.15, 0.2) is 0 Å². The number of aromatic nitrogens is 1. The van der Waals surface area contributed by atoms with Crippen molar-refractivity contribution in [1.82, 2.24) is 4.98 Å². The predicted octanol–water partition coefficient (Wildman–Crippen LogP) is 1.43. The number of hydrogen-bond acceptors (Lipinski definition) is 5. The zero-order chi connectivity index (χ0) is 14.3. The Bertz CT molecular complexity index is 447. The Morgan fingerprint density at radius 1 is 1.37 bits per heavy atom. The van der Waals surface area contributed by atoms with E-state index in [9.17, 15) is 9.59 Å². The van der Waals surface area contributed by atoms with Crippen LogP contribution in [0.4, 0.5) is 11.4 Å². The molecule has 6 nitrogen and oxygen atoms in total. The highest BCUT2D eigenvalue weighted by Gasteiger charge is 2.10. The lowest BCUT2D eigenvalue weighted by Gasteiger charge is -2.17. The van der Waals surface area contributed by atoms with E-state index in [0.29, 0.717) is 12.3 Å². The van der Waals surface area contributed by atoms with Crippen molar-refractivity contribution in [3.8, 4) is 0 Å². The monoisotopic (exact) mass is 265 g/mol. The number of esters is 1. The molecule has 6 heteroatoms. The molecule has 0 aliphatic rings. The van der Waals surface area contributed by atoms with E-state index in [1.807, 2.05) is 19.0 Å². The fraction of sp³-hybridized carbons (Fsp3) is 0.462. The van der Waals surface area contributed by atoms with E-state index in [-0.39, 0.29) is 24.7 Å². The molecule has 0 fully saturated rings. The van der Waals surface area contributed by atoms with Gasteiger partial charge in [-0.2, -0.15) is 0 Å². The average Bonchev–Trinajstić information content (AvgIpc) is 2.37. The highest BCUT2D eigenvalue weighted by molar-refractivity contribution is 5.95. The number of nitrogens with zero attached hydrogens (tertiary/aromatic N) is 2. The van der Waals surface area contributed by atoms with E-state index in [4.69, 9.17) is 4.74 Å². The van der Waals surface area contributed by atoms with Crippen LogP contribution in [-0.2, 0) is 14.3 Å². The first-order chi connectivity index (χ1) is 9.04. The van der Waals surface area contributed by atoms with Gasteiger partial charge < -0.3 is 15.0 Å². The third-order valence-electron chi connectivity index (χ3n) is 2.42. The fourth-order valence-electron chi connectivity index (χ4n) is 1.53. The molecule has 0 aliphatic carbocycles. The van der Waals surface area contributed by atoms with Crippen molar-refractivity contribution in [3.63, 3.8) is 0 Å². The van der Waals surface area contributed by atoms with Crippen LogP contribution in [0.15, 0.2) is 18.5 Å². The summed E-state index contributed by atoms with van der Waals surface area (Å²) in [4.78, 5) is 28.7. The standard InChI is InChI=1S/C13H19N3O3/c1-4-19-13(18)6-5-12(17)15-10-9-14-8-7-11(10)16(2)3/h7-9H,4-6H2,1-3H3,(H,15,17). The van der Waals surface area contributed by atoms with Gasteiger partial charge in [0.05, 0.1) is 30.6 Å². The first-order valence-corrected chi connectivity index (χ1v) is 6.11. The second-order valence-corrected chi connectivity index (χ2v) is 4.14. The molecule has 0 radical (unpaired) electrons. The lowest BCUT2D eigenvalue weighted by atomic mass is 10.2. The summed E-state index contributed by atoms with van der Waals surface area (Å²) < 4.78 is 4.76. The van der Waals surface area contributed by atoms with Crippen molar-refractivity contribution in [2.45, 2.75) is 19.8 Å². The van der Waals surface area contributed by atoms with Crippen molar-refractivity contribution in [2.75, 3.05) is 30.9 Å². The first kappa shape index (κ1) is 14.9. The van der Waals surface area contributed by atoms with Crippen LogP contribution in [0.2, 0.25) is 0 Å². The van der Waals surface area contributed by atoms with E-state index in [1.54, 1.807) is 25.4 Å². The van der Waals surface area contributed by atoms with Gasteiger partial charge in [0, 0.05) is 26.7 Å². The summed E-state index contributed by atoms with van der Waals surface area (Å²) in [6.07, 6.45) is 3.42. The Morgan fingerprint density at radius 2 is 2.11 bits per heavy atom. The fourth-order valence-corrected chi connectivity index (χ4v) is 1.53. The molecule has 1 amide bonds. The van der Waals surface area contributed by atoms with Crippen LogP contribution in [0.1, 0.15) is 19.8 Å². The molecule has 0 spiro atoms. The quantitative estimate of drug-likeness (QED) is 0.788. The van der Waals surface area contributed by atoms with Crippen molar-refractivity contribution >= 4 is 23.3 Å². The van der Waals surface area contributed by atoms with E-state index >= 15 is 0 Å². The summed E-state index contributed by atoms with van der Waals surface area (Å²) in [5.74, 6) is -0.596. The molecule has 1 aromatic rings. The molecule has 0 unspecified atom stereocenters. The van der Waals surface area contributed by atoms with Gasteiger partial charge in [-0.3, -0.25) is 14.6 Å². The molecule has 1 aromatic heterocycles. The Hall–Kier alpha value is -2.11. The molecular weight excluding hydrogens is 246 g/mol. The maximum absolute atomic E-state index is 11.7. The predicted molar refractivity (Wildman–Crippen MR) is 73.1 cm³/mol. The minimum atomic E-state index is -0.364. The van der Waals surface area contributed by atoms with Gasteiger partial charge >= 0.3 is 5.97 Å². The molecule has 0 aromatic carbocycles. The van der Waals surface area contributed by atoms with Gasteiger partial charge in [-0.05, 0) is 13.0 Å². The Labute approximate surface area is 112 Å². The maximum atomic E-state index is 11.7. The highest BCUT2D eigenvalue weighted by Crippen LogP contribution is 2.22. The van der Waals surface area contributed by atoms with Crippen LogP contribution >= 0.6 is 0 Å². The molecule has 1 heterocycles. The Morgan fingerprint density at radius 3 is 2.74 bits per heavy atom. The molecule has 1 rings (SSSR count). The normalized spacial score (nSPS) is 9.84. The largest absolute Gasteiger partial charge is 0.466 e. The summed E-state index contributed by atoms with van der Waals surface area (Å²) in [5.41, 5.74) is 1.49. The van der Waals surface area contributed by atoms with Crippen LogP contribution in [0.3, 0.4) is 0 Å². The molecule has 0 saturated carbocycles. The zero-order valence-electron chi connectivity index (χ0n) is 11.5. The van der Waals surface area contributed by atoms with Crippen LogP contribution in [-0.4, -0.2) is 37.6 Å². The smallest absolute Gasteiger partial charge is 0.306 e. The minimum Gasteiger partial charge on any atom is -0.466 e. The van der Waals surface area contributed by atoms with Gasteiger partial charge in [-0.1, -0.05) is 0 Å². The van der Waals surface area contributed by atoms with Crippen LogP contribution in [0, 0.1) is 0 Å². The molecule has 0 aliphatic heterocycles. The minimum absolute atomic E-state index is 0.0806. The van der Waals surface area contributed by atoms with Gasteiger partial charge in [0.2, 0.25) is 5.91 Å². The van der Waals surface area contributed by atoms with E-state index in [2.05, 4.69) is 10.3 Å². The molecule has 0 atom stereocenters. The highest BCUT2D eigenvalue weighted by atomic mass is 16.5. The number of hydrogen-bond donors (Lipinski definition) is 1. The summed E-state index contributed by atoms with van der Waals surface area (Å²) in [7, 11) is 3.76. The second kappa shape index (κ2) is 7.35. The van der Waals surface area contributed by atoms with Crippen molar-refractivity contribution in [1.29, 1.82) is 0 Å². The molecule has 0 bridgehead atoms. The maximum Gasteiger partial charge on any atom is 0.306 e. The molecule has 19 heavy (non-hydrogen) atoms. The number of anilines is 2. The lowest BCUT2D eigenvalue weighted by molar-refractivity contribution is -0.144. The molecular formula is C13H19N3O3. The third-order valence-corrected chi connectivity index (χ3v) is 2.42. The van der Waals surface area contributed by atoms with Gasteiger partial charge in [-0.15, -0.1) is 0 Å². The van der Waals surface area contributed by atoms with Gasteiger partial charge in [0.25, 0.3) is 0 Å². The second-order valence-electron chi connectivity index (χ2n) is 4.14. The van der Waals surface area contributed by atoms with Crippen molar-refractivity contribution < 1.29 is 14.3 Å². The summed E-state index contributed by atoms with van der Waals surface area (Å²) in [6.45, 7) is 2.06. The van der Waals surface area contributed by atoms with Crippen molar-refractivity contribution in [3.05, 3.63) is 18.5 Å². The van der Waals surface area contributed by atoms with Crippen LogP contribution < -0.4 is 10.2 Å². The first-order valence-electron chi connectivity index (χ1n) is 6.11. The number of carbonyl (C=O) groups excluding carboxylic acids is 2. The number of ether oxygens (including phenoxy) is 1. The Balaban J connectivity index is 2.55. The third kappa shape index (κ3) is 4.95. The summed E-state index contributed by atoms with van der Waals surface area (Å²) in [6, 6.07) is 1.81. The molecule has 1 N–H and O–H groups in total. The van der Waals surface area contributed by atoms with Crippen LogP contribution in [0.25, 0.3) is 0 Å². The van der Waals surface area contributed by atoms with E-state index in [1.165, 1.54) is 0 Å². The summed E-state index contributed by atoms with van der Waals surface area (Å²) in [5, 5.41) is 2.74. The Kier molecular flexibility index (Phi) is 5.78. The van der Waals surface area contributed by atoms with Gasteiger partial charge in [-0.25, -0.2) is 0 Å². The average molecular weight is 265 g/mol. The molecule has 104 valence electrons. The summed E-state index contributed by atoms with van der Waals surface area (Å²) >= 11 is 0. The van der Waals surface area contributed by atoms with Crippen molar-refractivity contribution in [2.24, 2.45) is 0 Å². The number of pyridine rings is 1. The van der Waals surface area contributed by atoms with Crippen LogP contribution in [0.5, 0.6) is 0 Å². The van der Waals surface area contributed by atoms with Gasteiger partial charge in [0.1, 0.15) is 0 Å². The topological polar surface area (TPSA) is 71.5 Å².